The number of hydrogen-bond acceptors (Lipinski definition) is 7. The summed E-state index contributed by atoms with van der Waals surface area (Å²) < 4.78 is 16.7. The van der Waals surface area contributed by atoms with Gasteiger partial charge >= 0.3 is 6.09 Å². The average Bonchev–Trinajstić information content (AvgIpc) is 3.54. The minimum Gasteiger partial charge on any atom is -0.491 e. The second-order valence-corrected chi connectivity index (χ2v) is 17.1. The third-order valence-corrected chi connectivity index (χ3v) is 12.8. The first-order chi connectivity index (χ1) is 29.2. The molecule has 310 valence electrons. The molecular formula is C47H46Cl3N5O5. The maximum Gasteiger partial charge on any atom is 0.410 e. The van der Waals surface area contributed by atoms with Crippen molar-refractivity contribution in [1.29, 1.82) is 0 Å². The molecule has 4 aliphatic rings. The van der Waals surface area contributed by atoms with Crippen molar-refractivity contribution in [2.24, 2.45) is 5.92 Å². The van der Waals surface area contributed by atoms with E-state index >= 15 is 4.79 Å². The van der Waals surface area contributed by atoms with Gasteiger partial charge in [-0.05, 0) is 90.3 Å². The largest absolute Gasteiger partial charge is 0.491 e. The Morgan fingerprint density at radius 3 is 2.52 bits per heavy atom. The Bertz CT molecular complexity index is 2510. The summed E-state index contributed by atoms with van der Waals surface area (Å²) in [5, 5.41) is 5.83. The third kappa shape index (κ3) is 7.59. The zero-order valence-corrected chi connectivity index (χ0v) is 35.7. The molecule has 0 spiro atoms. The van der Waals surface area contributed by atoms with Crippen molar-refractivity contribution in [3.63, 3.8) is 0 Å². The number of aromatic nitrogens is 1. The molecule has 4 aliphatic heterocycles. The number of fused-ring (bicyclic) bond motifs is 2. The molecule has 10 nitrogen and oxygen atoms in total. The van der Waals surface area contributed by atoms with Gasteiger partial charge in [0.2, 0.25) is 0 Å². The summed E-state index contributed by atoms with van der Waals surface area (Å²) in [6.07, 6.45) is 7.25. The van der Waals surface area contributed by atoms with Gasteiger partial charge in [-0.2, -0.15) is 0 Å². The number of carbonyl (C=O) groups excluding carboxylic acids is 2. The van der Waals surface area contributed by atoms with Crippen LogP contribution in [0.3, 0.4) is 0 Å². The Morgan fingerprint density at radius 2 is 1.75 bits per heavy atom. The lowest BCUT2D eigenvalue weighted by Crippen LogP contribution is -2.50. The topological polar surface area (TPSA) is 99.4 Å². The van der Waals surface area contributed by atoms with E-state index in [9.17, 15) is 4.79 Å². The lowest BCUT2D eigenvalue weighted by Gasteiger charge is -2.40. The lowest BCUT2D eigenvalue weighted by molar-refractivity contribution is 0.0499. The van der Waals surface area contributed by atoms with Crippen LogP contribution in [0, 0.1) is 5.92 Å². The van der Waals surface area contributed by atoms with Crippen molar-refractivity contribution in [3.8, 4) is 5.75 Å². The number of methoxy groups -OCH3 is 1. The van der Waals surface area contributed by atoms with Crippen molar-refractivity contribution < 1.29 is 23.8 Å². The summed E-state index contributed by atoms with van der Waals surface area (Å²) in [4.78, 5) is 37.7. The molecule has 2 amide bonds. The Balaban J connectivity index is 1.18. The maximum atomic E-state index is 15.2. The molecule has 1 aromatic heterocycles. The zero-order chi connectivity index (χ0) is 41.5. The van der Waals surface area contributed by atoms with E-state index < -0.39 is 0 Å². The van der Waals surface area contributed by atoms with Crippen molar-refractivity contribution in [2.75, 3.05) is 56.8 Å². The number of benzene rings is 4. The van der Waals surface area contributed by atoms with E-state index in [2.05, 4.69) is 51.4 Å². The maximum absolute atomic E-state index is 15.2. The summed E-state index contributed by atoms with van der Waals surface area (Å²) >= 11 is 20.4. The van der Waals surface area contributed by atoms with Crippen molar-refractivity contribution >= 4 is 80.4 Å². The molecule has 2 unspecified atom stereocenters. The van der Waals surface area contributed by atoms with Gasteiger partial charge in [-0.15, -0.1) is 0 Å². The van der Waals surface area contributed by atoms with E-state index in [4.69, 9.17) is 49.0 Å². The summed E-state index contributed by atoms with van der Waals surface area (Å²) in [6, 6.07) is 25.4. The first kappa shape index (κ1) is 40.3. The Morgan fingerprint density at radius 1 is 0.933 bits per heavy atom. The summed E-state index contributed by atoms with van der Waals surface area (Å²) in [6.45, 7) is 5.58. The monoisotopic (exact) mass is 865 g/mol. The first-order valence-corrected chi connectivity index (χ1v) is 21.6. The molecule has 2 atom stereocenters. The molecule has 9 rings (SSSR count). The lowest BCUT2D eigenvalue weighted by atomic mass is 9.82. The average molecular weight is 867 g/mol. The highest BCUT2D eigenvalue weighted by molar-refractivity contribution is 6.35. The van der Waals surface area contributed by atoms with E-state index in [1.807, 2.05) is 65.6 Å². The second kappa shape index (κ2) is 17.1. The number of rotatable bonds is 10. The van der Waals surface area contributed by atoms with Gasteiger partial charge in [-0.25, -0.2) is 4.79 Å². The summed E-state index contributed by atoms with van der Waals surface area (Å²) in [5.74, 6) is 0.393. The van der Waals surface area contributed by atoms with Crippen LogP contribution in [-0.2, 0) is 9.47 Å². The number of nitrogens with one attached hydrogen (secondary N) is 2. The van der Waals surface area contributed by atoms with Gasteiger partial charge in [0.15, 0.2) is 0 Å². The number of nitrogens with zero attached hydrogens (tertiary/aromatic N) is 3. The number of carbonyl (C=O) groups is 2. The quantitative estimate of drug-likeness (QED) is 0.135. The van der Waals surface area contributed by atoms with Crippen molar-refractivity contribution in [2.45, 2.75) is 44.7 Å². The van der Waals surface area contributed by atoms with E-state index in [0.717, 1.165) is 75.8 Å². The SMILES string of the molecule is COCCOc1ccc(N2CCC(N3CCCOC3=O)CC2)c(NC(=O)c2[nH]c3cc(Cl)cc4c3c2C2=C(c3ccccc3)C(C)CC=CN2C4c2ccc(Cl)cc2Cl)c1. The van der Waals surface area contributed by atoms with Crippen LogP contribution in [-0.4, -0.2) is 79.4 Å². The molecule has 2 saturated heterocycles. The predicted molar refractivity (Wildman–Crippen MR) is 239 cm³/mol. The molecule has 0 radical (unpaired) electrons. The number of cyclic esters (lactones) is 1. The molecule has 2 fully saturated rings. The van der Waals surface area contributed by atoms with Gasteiger partial charge < -0.3 is 39.2 Å². The normalized spacial score (nSPS) is 19.4. The number of allylic oxidation sites excluding steroid dienone is 2. The molecular weight excluding hydrogens is 821 g/mol. The summed E-state index contributed by atoms with van der Waals surface area (Å²) in [5.41, 5.74) is 8.28. The fraction of sp³-hybridized carbons (Fsp3) is 0.319. The first-order valence-electron chi connectivity index (χ1n) is 20.5. The van der Waals surface area contributed by atoms with Crippen LogP contribution in [0.2, 0.25) is 15.1 Å². The predicted octanol–water partition coefficient (Wildman–Crippen LogP) is 11.0. The molecule has 0 saturated carbocycles. The number of anilines is 2. The van der Waals surface area contributed by atoms with Gasteiger partial charge in [0.1, 0.15) is 18.1 Å². The van der Waals surface area contributed by atoms with Crippen LogP contribution in [0.15, 0.2) is 91.1 Å². The second-order valence-electron chi connectivity index (χ2n) is 15.8. The standard InChI is InChI=1S/C47H46Cl3N5O5/c1-28-8-6-17-55-44(34-13-11-30(48)25-36(34)50)35-24-31(49)26-38-41(35)42(45(55)40(28)29-9-4-3-5-10-29)43(51-38)46(56)52-37-27-33(59-23-22-58-2)12-14-39(37)53-19-15-32(16-20-53)54-18-7-21-60-47(54)57/h3-6,9-14,17,24-28,32,44,51H,7-8,15-16,18-23H2,1-2H3,(H,52,56). The number of aromatic amines is 1. The minimum atomic E-state index is -0.382. The molecule has 5 heterocycles. The van der Waals surface area contributed by atoms with Crippen LogP contribution in [0.25, 0.3) is 22.2 Å². The molecule has 4 aromatic carbocycles. The Labute approximate surface area is 364 Å². The molecule has 5 aromatic rings. The Hall–Kier alpha value is -5.13. The van der Waals surface area contributed by atoms with Crippen LogP contribution in [0.5, 0.6) is 5.75 Å². The fourth-order valence-electron chi connectivity index (χ4n) is 9.33. The van der Waals surface area contributed by atoms with Crippen LogP contribution < -0.4 is 15.0 Å². The highest BCUT2D eigenvalue weighted by Crippen LogP contribution is 2.54. The molecule has 2 N–H and O–H groups in total. The number of H-pyrrole nitrogens is 1. The number of amides is 2. The zero-order valence-electron chi connectivity index (χ0n) is 33.5. The smallest absolute Gasteiger partial charge is 0.410 e. The van der Waals surface area contributed by atoms with Crippen LogP contribution in [0.4, 0.5) is 16.2 Å². The molecule has 0 bridgehead atoms. The van der Waals surface area contributed by atoms with Crippen LogP contribution >= 0.6 is 34.8 Å². The van der Waals surface area contributed by atoms with Crippen LogP contribution in [0.1, 0.15) is 71.4 Å². The van der Waals surface area contributed by atoms with Crippen molar-refractivity contribution in [3.05, 3.63) is 134 Å². The number of hydrogen-bond donors (Lipinski definition) is 2. The fourth-order valence-corrected chi connectivity index (χ4v) is 10.1. The third-order valence-electron chi connectivity index (χ3n) is 12.1. The highest BCUT2D eigenvalue weighted by Gasteiger charge is 2.41. The van der Waals surface area contributed by atoms with Gasteiger partial charge in [0.25, 0.3) is 5.91 Å². The number of piperidine rings is 1. The minimum absolute atomic E-state index is 0.0989. The number of ether oxygens (including phenoxy) is 3. The van der Waals surface area contributed by atoms with Gasteiger partial charge in [-0.3, -0.25) is 4.79 Å². The molecule has 0 aliphatic carbocycles. The van der Waals surface area contributed by atoms with Gasteiger partial charge in [-0.1, -0.05) is 84.2 Å². The molecule has 13 heteroatoms. The summed E-state index contributed by atoms with van der Waals surface area (Å²) in [7, 11) is 1.63. The number of halogens is 3. The Kier molecular flexibility index (Phi) is 11.5. The van der Waals surface area contributed by atoms with Gasteiger partial charge in [0, 0.05) is 76.6 Å². The van der Waals surface area contributed by atoms with E-state index in [0.29, 0.717) is 71.7 Å². The highest BCUT2D eigenvalue weighted by atomic mass is 35.5. The van der Waals surface area contributed by atoms with Crippen molar-refractivity contribution in [1.82, 2.24) is 14.8 Å². The van der Waals surface area contributed by atoms with E-state index in [1.54, 1.807) is 13.2 Å². The van der Waals surface area contributed by atoms with E-state index in [1.165, 1.54) is 0 Å². The van der Waals surface area contributed by atoms with E-state index in [-0.39, 0.29) is 30.0 Å². The van der Waals surface area contributed by atoms with Gasteiger partial charge in [0.05, 0.1) is 36.3 Å². The molecule has 60 heavy (non-hydrogen) atoms.